The van der Waals surface area contributed by atoms with Crippen molar-refractivity contribution in [3.63, 3.8) is 0 Å². The van der Waals surface area contributed by atoms with E-state index in [1.165, 1.54) is 0 Å². The Kier molecular flexibility index (Phi) is 4.87. The van der Waals surface area contributed by atoms with Crippen molar-refractivity contribution in [2.45, 2.75) is 27.7 Å². The zero-order chi connectivity index (χ0) is 17.2. The van der Waals surface area contributed by atoms with Crippen LogP contribution in [0.5, 0.6) is 0 Å². The standard InChI is InChI=1S/C14H16N2O6/c1-5-6(2)10(16-12(18)14(21)22)8(4)7(3)9(5)15-11(17)13(19)20/h1-4H3,(H,15,17)(H,16,18)(H,19,20)(H,21,22). The van der Waals surface area contributed by atoms with Crippen molar-refractivity contribution in [3.8, 4) is 0 Å². The molecule has 2 amide bonds. The van der Waals surface area contributed by atoms with Gasteiger partial charge in [0.1, 0.15) is 0 Å². The Morgan fingerprint density at radius 1 is 0.636 bits per heavy atom. The third-order valence-electron chi connectivity index (χ3n) is 3.49. The maximum absolute atomic E-state index is 11.3. The van der Waals surface area contributed by atoms with E-state index < -0.39 is 23.8 Å². The summed E-state index contributed by atoms with van der Waals surface area (Å²) in [5.74, 6) is -5.57. The summed E-state index contributed by atoms with van der Waals surface area (Å²) in [7, 11) is 0. The van der Waals surface area contributed by atoms with Gasteiger partial charge in [-0.15, -0.1) is 0 Å². The first kappa shape index (κ1) is 17.2. The van der Waals surface area contributed by atoms with Gasteiger partial charge in [-0.05, 0) is 49.9 Å². The van der Waals surface area contributed by atoms with E-state index in [9.17, 15) is 19.2 Å². The third kappa shape index (κ3) is 3.22. The number of nitrogens with one attached hydrogen (secondary N) is 2. The molecule has 1 rings (SSSR count). The molecule has 0 radical (unpaired) electrons. The fourth-order valence-electron chi connectivity index (χ4n) is 2.02. The van der Waals surface area contributed by atoms with Crippen LogP contribution in [0.25, 0.3) is 0 Å². The molecular formula is C14H16N2O6. The molecule has 0 aromatic heterocycles. The van der Waals surface area contributed by atoms with E-state index in [4.69, 9.17) is 10.2 Å². The van der Waals surface area contributed by atoms with E-state index in [2.05, 4.69) is 10.6 Å². The Bertz CT molecular complexity index is 605. The smallest absolute Gasteiger partial charge is 0.394 e. The van der Waals surface area contributed by atoms with E-state index in [0.717, 1.165) is 0 Å². The average Bonchev–Trinajstić information content (AvgIpc) is 2.45. The second-order valence-electron chi connectivity index (χ2n) is 4.77. The van der Waals surface area contributed by atoms with Crippen LogP contribution in [0.1, 0.15) is 22.3 Å². The van der Waals surface area contributed by atoms with Gasteiger partial charge in [0.2, 0.25) is 0 Å². The van der Waals surface area contributed by atoms with Crippen molar-refractivity contribution >= 4 is 35.1 Å². The van der Waals surface area contributed by atoms with E-state index in [0.29, 0.717) is 33.6 Å². The molecule has 0 aliphatic rings. The van der Waals surface area contributed by atoms with Crippen LogP contribution in [0.3, 0.4) is 0 Å². The normalized spacial score (nSPS) is 10.0. The van der Waals surface area contributed by atoms with E-state index in [1.807, 2.05) is 0 Å². The van der Waals surface area contributed by atoms with Crippen LogP contribution in [0.15, 0.2) is 0 Å². The topological polar surface area (TPSA) is 133 Å². The maximum atomic E-state index is 11.3. The highest BCUT2D eigenvalue weighted by molar-refractivity contribution is 6.37. The third-order valence-corrected chi connectivity index (χ3v) is 3.49. The Labute approximate surface area is 126 Å². The van der Waals surface area contributed by atoms with Crippen LogP contribution in [-0.4, -0.2) is 34.0 Å². The summed E-state index contributed by atoms with van der Waals surface area (Å²) in [6, 6.07) is 0. The Hall–Kier alpha value is -2.90. The van der Waals surface area contributed by atoms with Gasteiger partial charge in [-0.2, -0.15) is 0 Å². The molecule has 0 aliphatic carbocycles. The van der Waals surface area contributed by atoms with Gasteiger partial charge in [0.15, 0.2) is 0 Å². The molecular weight excluding hydrogens is 292 g/mol. The summed E-state index contributed by atoms with van der Waals surface area (Å²) >= 11 is 0. The number of carbonyl (C=O) groups excluding carboxylic acids is 2. The predicted octanol–water partition coefficient (Wildman–Crippen LogP) is 0.966. The van der Waals surface area contributed by atoms with Gasteiger partial charge in [-0.1, -0.05) is 0 Å². The molecule has 118 valence electrons. The molecule has 1 aromatic carbocycles. The number of carboxylic acids is 2. The first-order valence-electron chi connectivity index (χ1n) is 6.26. The average molecular weight is 308 g/mol. The summed E-state index contributed by atoms with van der Waals surface area (Å²) in [6.45, 7) is 6.54. The summed E-state index contributed by atoms with van der Waals surface area (Å²) in [6.07, 6.45) is 0. The summed E-state index contributed by atoms with van der Waals surface area (Å²) in [5, 5.41) is 21.9. The highest BCUT2D eigenvalue weighted by Crippen LogP contribution is 2.34. The van der Waals surface area contributed by atoms with Gasteiger partial charge in [0.05, 0.1) is 0 Å². The first-order valence-corrected chi connectivity index (χ1v) is 6.26. The lowest BCUT2D eigenvalue weighted by Gasteiger charge is -2.20. The highest BCUT2D eigenvalue weighted by Gasteiger charge is 2.21. The van der Waals surface area contributed by atoms with Crippen molar-refractivity contribution in [3.05, 3.63) is 22.3 Å². The Morgan fingerprint density at radius 2 is 0.864 bits per heavy atom. The number of aliphatic carboxylic acids is 2. The molecule has 0 aliphatic heterocycles. The first-order chi connectivity index (χ1) is 10.1. The Balaban J connectivity index is 3.38. The van der Waals surface area contributed by atoms with Crippen molar-refractivity contribution in [1.29, 1.82) is 0 Å². The second kappa shape index (κ2) is 6.25. The number of amides is 2. The SMILES string of the molecule is Cc1c(C)c(NC(=O)C(=O)O)c(C)c(C)c1NC(=O)C(=O)O. The monoisotopic (exact) mass is 308 g/mol. The minimum absolute atomic E-state index is 0.329. The van der Waals surface area contributed by atoms with Gasteiger partial charge in [0.25, 0.3) is 0 Å². The van der Waals surface area contributed by atoms with Crippen LogP contribution in [0.4, 0.5) is 11.4 Å². The van der Waals surface area contributed by atoms with Crippen LogP contribution >= 0.6 is 0 Å². The van der Waals surface area contributed by atoms with Crippen LogP contribution in [-0.2, 0) is 19.2 Å². The molecule has 22 heavy (non-hydrogen) atoms. The van der Waals surface area contributed by atoms with Crippen LogP contribution < -0.4 is 10.6 Å². The number of hydrogen-bond acceptors (Lipinski definition) is 4. The lowest BCUT2D eigenvalue weighted by atomic mass is 9.95. The Morgan fingerprint density at radius 3 is 1.05 bits per heavy atom. The van der Waals surface area contributed by atoms with Gasteiger partial charge in [0, 0.05) is 11.4 Å². The number of anilines is 2. The molecule has 8 heteroatoms. The summed E-state index contributed by atoms with van der Waals surface area (Å²) < 4.78 is 0. The zero-order valence-electron chi connectivity index (χ0n) is 12.5. The molecule has 0 saturated carbocycles. The number of benzene rings is 1. The van der Waals surface area contributed by atoms with Gasteiger partial charge >= 0.3 is 23.8 Å². The molecule has 0 bridgehead atoms. The molecule has 0 fully saturated rings. The van der Waals surface area contributed by atoms with Gasteiger partial charge in [-0.3, -0.25) is 9.59 Å². The predicted molar refractivity (Wildman–Crippen MR) is 77.9 cm³/mol. The molecule has 0 heterocycles. The molecule has 0 atom stereocenters. The fourth-order valence-corrected chi connectivity index (χ4v) is 2.02. The van der Waals surface area contributed by atoms with Crippen molar-refractivity contribution in [1.82, 2.24) is 0 Å². The van der Waals surface area contributed by atoms with Crippen molar-refractivity contribution in [2.75, 3.05) is 10.6 Å². The summed E-state index contributed by atoms with van der Waals surface area (Å²) in [5.41, 5.74) is 2.82. The number of carbonyl (C=O) groups is 4. The highest BCUT2D eigenvalue weighted by atomic mass is 16.4. The number of hydrogen-bond donors (Lipinski definition) is 4. The van der Waals surface area contributed by atoms with Crippen LogP contribution in [0.2, 0.25) is 0 Å². The molecule has 0 spiro atoms. The van der Waals surface area contributed by atoms with Crippen LogP contribution in [0, 0.1) is 27.7 Å². The van der Waals surface area contributed by atoms with E-state index in [1.54, 1.807) is 27.7 Å². The minimum Gasteiger partial charge on any atom is -0.474 e. The lowest BCUT2D eigenvalue weighted by molar-refractivity contribution is -0.147. The van der Waals surface area contributed by atoms with Gasteiger partial charge < -0.3 is 20.8 Å². The zero-order valence-corrected chi connectivity index (χ0v) is 12.5. The van der Waals surface area contributed by atoms with Crippen molar-refractivity contribution < 1.29 is 29.4 Å². The molecule has 0 saturated heterocycles. The molecule has 4 N–H and O–H groups in total. The fraction of sp³-hybridized carbons (Fsp3) is 0.286. The lowest BCUT2D eigenvalue weighted by Crippen LogP contribution is -2.25. The molecule has 1 aromatic rings. The summed E-state index contributed by atoms with van der Waals surface area (Å²) in [4.78, 5) is 44.0. The van der Waals surface area contributed by atoms with Gasteiger partial charge in [-0.25, -0.2) is 9.59 Å². The van der Waals surface area contributed by atoms with E-state index >= 15 is 0 Å². The quantitative estimate of drug-likeness (QED) is 0.602. The maximum Gasteiger partial charge on any atom is 0.394 e. The minimum atomic E-state index is -1.61. The van der Waals surface area contributed by atoms with E-state index in [-0.39, 0.29) is 0 Å². The molecule has 0 unspecified atom stereocenters. The second-order valence-corrected chi connectivity index (χ2v) is 4.77. The van der Waals surface area contributed by atoms with Crippen molar-refractivity contribution in [2.24, 2.45) is 0 Å². The number of rotatable bonds is 2. The largest absolute Gasteiger partial charge is 0.474 e. The number of carboxylic acid groups (broad SMARTS) is 2. The molecule has 8 nitrogen and oxygen atoms in total.